The molecule has 0 radical (unpaired) electrons. The molecule has 1 heterocycles. The minimum atomic E-state index is -0.177. The van der Waals surface area contributed by atoms with E-state index < -0.39 is 0 Å². The Kier molecular flexibility index (Phi) is 4.32. The summed E-state index contributed by atoms with van der Waals surface area (Å²) in [6, 6.07) is 5.67. The zero-order chi connectivity index (χ0) is 15.6. The minimum absolute atomic E-state index is 0.0250. The Balaban J connectivity index is 2.12. The summed E-state index contributed by atoms with van der Waals surface area (Å²) in [6.07, 6.45) is 0.765. The highest BCUT2D eigenvalue weighted by molar-refractivity contribution is 5.94. The number of hydrogen-bond donors (Lipinski definition) is 3. The normalized spacial score (nSPS) is 13.4. The second-order valence-electron chi connectivity index (χ2n) is 6.74. The van der Waals surface area contributed by atoms with Crippen LogP contribution in [-0.4, -0.2) is 22.4 Å². The quantitative estimate of drug-likeness (QED) is 0.809. The number of H-pyrrole nitrogens is 1. The summed E-state index contributed by atoms with van der Waals surface area (Å²) in [4.78, 5) is 19.9. The highest BCUT2D eigenvalue weighted by Crippen LogP contribution is 2.25. The topological polar surface area (TPSA) is 83.8 Å². The first kappa shape index (κ1) is 15.5. The molecule has 1 atom stereocenters. The van der Waals surface area contributed by atoms with Crippen molar-refractivity contribution in [1.29, 1.82) is 0 Å². The Hall–Kier alpha value is -1.88. The van der Waals surface area contributed by atoms with Gasteiger partial charge in [0.25, 0.3) is 0 Å². The van der Waals surface area contributed by atoms with E-state index in [-0.39, 0.29) is 17.2 Å². The van der Waals surface area contributed by atoms with Gasteiger partial charge < -0.3 is 16.0 Å². The molecule has 5 heteroatoms. The van der Waals surface area contributed by atoms with Gasteiger partial charge in [-0.15, -0.1) is 0 Å². The van der Waals surface area contributed by atoms with Gasteiger partial charge in [0, 0.05) is 12.2 Å². The van der Waals surface area contributed by atoms with Crippen molar-refractivity contribution in [3.05, 3.63) is 24.0 Å². The molecule has 0 bridgehead atoms. The number of nitrogens with zero attached hydrogens (tertiary/aromatic N) is 1. The number of imidazole rings is 1. The number of anilines is 1. The van der Waals surface area contributed by atoms with E-state index in [1.165, 1.54) is 0 Å². The summed E-state index contributed by atoms with van der Waals surface area (Å²) in [5.74, 6) is 0.660. The zero-order valence-corrected chi connectivity index (χ0v) is 13.2. The van der Waals surface area contributed by atoms with E-state index in [2.05, 4.69) is 36.1 Å². The molecular formula is C16H24N4O. The molecule has 0 spiro atoms. The third kappa shape index (κ3) is 4.04. The van der Waals surface area contributed by atoms with Crippen LogP contribution in [0.2, 0.25) is 0 Å². The lowest BCUT2D eigenvalue weighted by atomic mass is 9.84. The summed E-state index contributed by atoms with van der Waals surface area (Å²) in [5.41, 5.74) is 8.41. The number of carbonyl (C=O) groups excluding carboxylic acids is 1. The van der Waals surface area contributed by atoms with Crippen molar-refractivity contribution < 1.29 is 4.79 Å². The first-order valence-corrected chi connectivity index (χ1v) is 7.26. The van der Waals surface area contributed by atoms with Gasteiger partial charge in [0.05, 0.1) is 17.0 Å². The lowest BCUT2D eigenvalue weighted by Crippen LogP contribution is -2.32. The molecule has 2 aromatic rings. The molecule has 0 saturated heterocycles. The number of aromatic amines is 1. The van der Waals surface area contributed by atoms with E-state index in [9.17, 15) is 4.79 Å². The highest BCUT2D eigenvalue weighted by atomic mass is 16.1. The lowest BCUT2D eigenvalue weighted by Gasteiger charge is -2.24. The molecule has 5 nitrogen and oxygen atoms in total. The summed E-state index contributed by atoms with van der Waals surface area (Å²) in [5, 5.41) is 2.95. The fourth-order valence-electron chi connectivity index (χ4n) is 2.48. The Bertz CT molecular complexity index is 639. The van der Waals surface area contributed by atoms with Gasteiger partial charge in [-0.2, -0.15) is 0 Å². The average Bonchev–Trinajstić information content (AvgIpc) is 2.74. The van der Waals surface area contributed by atoms with Gasteiger partial charge in [0.1, 0.15) is 5.82 Å². The van der Waals surface area contributed by atoms with Crippen LogP contribution in [0.15, 0.2) is 18.2 Å². The Morgan fingerprint density at radius 1 is 1.43 bits per heavy atom. The number of nitrogens with one attached hydrogen (secondary N) is 2. The van der Waals surface area contributed by atoms with Gasteiger partial charge in [-0.1, -0.05) is 20.8 Å². The summed E-state index contributed by atoms with van der Waals surface area (Å²) < 4.78 is 0. The number of carbonyl (C=O) groups is 1. The molecule has 0 aliphatic carbocycles. The Labute approximate surface area is 125 Å². The first-order chi connectivity index (χ1) is 9.78. The van der Waals surface area contributed by atoms with Crippen molar-refractivity contribution in [3.63, 3.8) is 0 Å². The number of fused-ring (bicyclic) bond motifs is 1. The number of rotatable bonds is 4. The number of amides is 1. The predicted octanol–water partition coefficient (Wildman–Crippen LogP) is 2.82. The molecule has 0 fully saturated rings. The molecule has 21 heavy (non-hydrogen) atoms. The van der Waals surface area contributed by atoms with Crippen LogP contribution in [-0.2, 0) is 4.79 Å². The molecule has 1 aromatic carbocycles. The van der Waals surface area contributed by atoms with Gasteiger partial charge in [-0.25, -0.2) is 4.98 Å². The van der Waals surface area contributed by atoms with Crippen molar-refractivity contribution in [2.75, 3.05) is 11.9 Å². The molecule has 0 aliphatic rings. The van der Waals surface area contributed by atoms with E-state index in [4.69, 9.17) is 5.73 Å². The smallest absolute Gasteiger partial charge is 0.228 e. The van der Waals surface area contributed by atoms with E-state index >= 15 is 0 Å². The van der Waals surface area contributed by atoms with Crippen LogP contribution in [0.5, 0.6) is 0 Å². The fraction of sp³-hybridized carbons (Fsp3) is 0.500. The lowest BCUT2D eigenvalue weighted by molar-refractivity contribution is -0.120. The summed E-state index contributed by atoms with van der Waals surface area (Å²) in [6.45, 7) is 8.60. The SMILES string of the molecule is Cc1nc2ccc(NC(=O)C(CN)CC(C)(C)C)cc2[nH]1. The van der Waals surface area contributed by atoms with Crippen LogP contribution in [0.1, 0.15) is 33.0 Å². The van der Waals surface area contributed by atoms with Gasteiger partial charge >= 0.3 is 0 Å². The standard InChI is InChI=1S/C16H24N4O/c1-10-18-13-6-5-12(7-14(13)19-10)20-15(21)11(9-17)8-16(2,3)4/h5-7,11H,8-9,17H2,1-4H3,(H,18,19)(H,20,21). The third-order valence-electron chi connectivity index (χ3n) is 3.38. The van der Waals surface area contributed by atoms with Crippen molar-refractivity contribution in [1.82, 2.24) is 9.97 Å². The molecule has 1 unspecified atom stereocenters. The van der Waals surface area contributed by atoms with Crippen LogP contribution in [0.3, 0.4) is 0 Å². The van der Waals surface area contributed by atoms with Gasteiger partial charge in [0.2, 0.25) is 5.91 Å². The van der Waals surface area contributed by atoms with Crippen LogP contribution in [0.25, 0.3) is 11.0 Å². The number of aromatic nitrogens is 2. The van der Waals surface area contributed by atoms with E-state index in [0.29, 0.717) is 6.54 Å². The number of benzene rings is 1. The Morgan fingerprint density at radius 3 is 2.76 bits per heavy atom. The average molecular weight is 288 g/mol. The second-order valence-corrected chi connectivity index (χ2v) is 6.74. The number of aryl methyl sites for hydroxylation is 1. The Morgan fingerprint density at radius 2 is 2.14 bits per heavy atom. The van der Waals surface area contributed by atoms with Crippen LogP contribution in [0, 0.1) is 18.3 Å². The first-order valence-electron chi connectivity index (χ1n) is 7.26. The fourth-order valence-corrected chi connectivity index (χ4v) is 2.48. The maximum Gasteiger partial charge on any atom is 0.228 e. The number of nitrogens with two attached hydrogens (primary N) is 1. The molecule has 2 rings (SSSR count). The molecule has 1 aromatic heterocycles. The number of hydrogen-bond acceptors (Lipinski definition) is 3. The maximum atomic E-state index is 12.3. The van der Waals surface area contributed by atoms with Crippen molar-refractivity contribution >= 4 is 22.6 Å². The van der Waals surface area contributed by atoms with Crippen molar-refractivity contribution in [2.24, 2.45) is 17.1 Å². The van der Waals surface area contributed by atoms with Gasteiger partial charge in [-0.05, 0) is 37.0 Å². The van der Waals surface area contributed by atoms with Crippen molar-refractivity contribution in [3.8, 4) is 0 Å². The van der Waals surface area contributed by atoms with E-state index in [1.54, 1.807) is 0 Å². The highest BCUT2D eigenvalue weighted by Gasteiger charge is 2.23. The maximum absolute atomic E-state index is 12.3. The van der Waals surface area contributed by atoms with Crippen molar-refractivity contribution in [2.45, 2.75) is 34.1 Å². The molecule has 4 N–H and O–H groups in total. The van der Waals surface area contributed by atoms with E-state index in [1.807, 2.05) is 25.1 Å². The zero-order valence-electron chi connectivity index (χ0n) is 13.2. The molecule has 114 valence electrons. The second kappa shape index (κ2) is 5.85. The monoisotopic (exact) mass is 288 g/mol. The van der Waals surface area contributed by atoms with Crippen LogP contribution >= 0.6 is 0 Å². The van der Waals surface area contributed by atoms with Gasteiger partial charge in [0.15, 0.2) is 0 Å². The predicted molar refractivity (Wildman–Crippen MR) is 86.1 cm³/mol. The molecule has 0 aliphatic heterocycles. The van der Waals surface area contributed by atoms with Crippen LogP contribution < -0.4 is 11.1 Å². The minimum Gasteiger partial charge on any atom is -0.342 e. The van der Waals surface area contributed by atoms with E-state index in [0.717, 1.165) is 29.0 Å². The van der Waals surface area contributed by atoms with Gasteiger partial charge in [-0.3, -0.25) is 4.79 Å². The molecular weight excluding hydrogens is 264 g/mol. The largest absolute Gasteiger partial charge is 0.342 e. The summed E-state index contributed by atoms with van der Waals surface area (Å²) >= 11 is 0. The third-order valence-corrected chi connectivity index (χ3v) is 3.38. The summed E-state index contributed by atoms with van der Waals surface area (Å²) in [7, 11) is 0. The molecule has 1 amide bonds. The van der Waals surface area contributed by atoms with Crippen LogP contribution in [0.4, 0.5) is 5.69 Å². The molecule has 0 saturated carbocycles.